The number of rotatable bonds is 5. The number of para-hydroxylation sites is 1. The zero-order valence-electron chi connectivity index (χ0n) is 14.5. The van der Waals surface area contributed by atoms with Gasteiger partial charge in [0.1, 0.15) is 12.4 Å². The molecule has 1 aliphatic carbocycles. The van der Waals surface area contributed by atoms with E-state index in [4.69, 9.17) is 9.84 Å². The number of fused-ring (bicyclic) bond motifs is 2. The molecule has 0 fully saturated rings. The van der Waals surface area contributed by atoms with Crippen LogP contribution in [0.2, 0.25) is 0 Å². The second-order valence-electron chi connectivity index (χ2n) is 6.88. The highest BCUT2D eigenvalue weighted by atomic mass is 16.5. The summed E-state index contributed by atoms with van der Waals surface area (Å²) in [5.41, 5.74) is 4.31. The van der Waals surface area contributed by atoms with Crippen molar-refractivity contribution in [1.82, 2.24) is 4.98 Å². The highest BCUT2D eigenvalue weighted by Gasteiger charge is 2.23. The van der Waals surface area contributed by atoms with Crippen LogP contribution in [0.25, 0.3) is 10.9 Å². The van der Waals surface area contributed by atoms with Gasteiger partial charge < -0.3 is 9.84 Å². The topological polar surface area (TPSA) is 59.4 Å². The van der Waals surface area contributed by atoms with Crippen LogP contribution in [0.5, 0.6) is 5.75 Å². The Bertz CT molecular complexity index is 951. The molecule has 1 aromatic heterocycles. The molecule has 0 saturated carbocycles. The smallest absolute Gasteiger partial charge is 0.303 e. The third-order valence-corrected chi connectivity index (χ3v) is 5.04. The van der Waals surface area contributed by atoms with Gasteiger partial charge in [-0.3, -0.25) is 4.79 Å². The first-order chi connectivity index (χ1) is 12.7. The molecule has 0 saturated heterocycles. The SMILES string of the molecule is O=C(O)CC1CCc2c(cccc2OCc2ccc3ccccc3n2)C1. The summed E-state index contributed by atoms with van der Waals surface area (Å²) in [7, 11) is 0. The summed E-state index contributed by atoms with van der Waals surface area (Å²) in [6.45, 7) is 0.430. The molecule has 2 aromatic carbocycles. The molecule has 0 radical (unpaired) electrons. The van der Waals surface area contributed by atoms with E-state index < -0.39 is 5.97 Å². The van der Waals surface area contributed by atoms with E-state index in [0.717, 1.165) is 41.6 Å². The highest BCUT2D eigenvalue weighted by Crippen LogP contribution is 2.33. The maximum absolute atomic E-state index is 11.0. The van der Waals surface area contributed by atoms with Crippen molar-refractivity contribution in [1.29, 1.82) is 0 Å². The van der Waals surface area contributed by atoms with E-state index >= 15 is 0 Å². The van der Waals surface area contributed by atoms with Crippen LogP contribution in [0.4, 0.5) is 0 Å². The number of nitrogens with zero attached hydrogens (tertiary/aromatic N) is 1. The number of aromatic nitrogens is 1. The minimum absolute atomic E-state index is 0.220. The summed E-state index contributed by atoms with van der Waals surface area (Å²) in [4.78, 5) is 15.6. The van der Waals surface area contributed by atoms with E-state index in [1.54, 1.807) is 0 Å². The minimum atomic E-state index is -0.715. The van der Waals surface area contributed by atoms with Crippen LogP contribution >= 0.6 is 0 Å². The van der Waals surface area contributed by atoms with Crippen LogP contribution in [0, 0.1) is 5.92 Å². The fourth-order valence-electron chi connectivity index (χ4n) is 3.74. The van der Waals surface area contributed by atoms with Gasteiger partial charge in [0.05, 0.1) is 11.2 Å². The van der Waals surface area contributed by atoms with Crippen molar-refractivity contribution in [3.8, 4) is 5.75 Å². The number of carboxylic acid groups (broad SMARTS) is 1. The van der Waals surface area contributed by atoms with E-state index in [0.29, 0.717) is 6.61 Å². The van der Waals surface area contributed by atoms with E-state index in [1.165, 1.54) is 11.1 Å². The van der Waals surface area contributed by atoms with Crippen molar-refractivity contribution >= 4 is 16.9 Å². The Labute approximate surface area is 152 Å². The number of aliphatic carboxylic acids is 1. The molecule has 1 unspecified atom stereocenters. The molecular weight excluding hydrogens is 326 g/mol. The number of carbonyl (C=O) groups is 1. The molecule has 0 bridgehead atoms. The standard InChI is InChI=1S/C22H21NO3/c24-22(25)13-15-8-11-19-17(12-15)5-3-7-21(19)26-14-18-10-9-16-4-1-2-6-20(16)23-18/h1-7,9-10,15H,8,11-14H2,(H,24,25). The van der Waals surface area contributed by atoms with Crippen molar-refractivity contribution in [3.63, 3.8) is 0 Å². The number of pyridine rings is 1. The molecule has 4 nitrogen and oxygen atoms in total. The maximum Gasteiger partial charge on any atom is 0.303 e. The van der Waals surface area contributed by atoms with Gasteiger partial charge in [-0.05, 0) is 54.5 Å². The molecule has 0 spiro atoms. The summed E-state index contributed by atoms with van der Waals surface area (Å²) in [5.74, 6) is 0.400. The average molecular weight is 347 g/mol. The van der Waals surface area contributed by atoms with Crippen LogP contribution in [-0.4, -0.2) is 16.1 Å². The van der Waals surface area contributed by atoms with E-state index in [9.17, 15) is 4.79 Å². The lowest BCUT2D eigenvalue weighted by molar-refractivity contribution is -0.138. The lowest BCUT2D eigenvalue weighted by atomic mass is 9.82. The molecule has 1 aliphatic rings. The van der Waals surface area contributed by atoms with Crippen LogP contribution in [0.3, 0.4) is 0 Å². The zero-order valence-corrected chi connectivity index (χ0v) is 14.5. The normalized spacial score (nSPS) is 16.2. The van der Waals surface area contributed by atoms with Crippen molar-refractivity contribution in [3.05, 3.63) is 71.4 Å². The highest BCUT2D eigenvalue weighted by molar-refractivity contribution is 5.78. The second kappa shape index (κ2) is 7.16. The first kappa shape index (κ1) is 16.6. The molecule has 132 valence electrons. The molecule has 4 rings (SSSR count). The fraction of sp³-hybridized carbons (Fsp3) is 0.273. The third-order valence-electron chi connectivity index (χ3n) is 5.04. The van der Waals surface area contributed by atoms with E-state index in [1.807, 2.05) is 42.5 Å². The minimum Gasteiger partial charge on any atom is -0.487 e. The van der Waals surface area contributed by atoms with E-state index in [-0.39, 0.29) is 12.3 Å². The number of carboxylic acids is 1. The quantitative estimate of drug-likeness (QED) is 0.743. The largest absolute Gasteiger partial charge is 0.487 e. The van der Waals surface area contributed by atoms with Crippen molar-refractivity contribution in [2.24, 2.45) is 5.92 Å². The van der Waals surface area contributed by atoms with Gasteiger partial charge in [-0.25, -0.2) is 4.98 Å². The number of benzene rings is 2. The Hall–Kier alpha value is -2.88. The van der Waals surface area contributed by atoms with Gasteiger partial charge in [-0.2, -0.15) is 0 Å². The van der Waals surface area contributed by atoms with Crippen LogP contribution in [-0.2, 0) is 24.2 Å². The van der Waals surface area contributed by atoms with Gasteiger partial charge in [0.2, 0.25) is 0 Å². The Morgan fingerprint density at radius 1 is 1.12 bits per heavy atom. The summed E-state index contributed by atoms with van der Waals surface area (Å²) in [6.07, 6.45) is 2.82. The summed E-state index contributed by atoms with van der Waals surface area (Å²) in [5, 5.41) is 10.1. The first-order valence-corrected chi connectivity index (χ1v) is 8.99. The molecule has 3 aromatic rings. The van der Waals surface area contributed by atoms with Crippen LogP contribution < -0.4 is 4.74 Å². The fourth-order valence-corrected chi connectivity index (χ4v) is 3.74. The molecule has 1 atom stereocenters. The molecule has 4 heteroatoms. The van der Waals surface area contributed by atoms with Crippen molar-refractivity contribution in [2.45, 2.75) is 32.3 Å². The Balaban J connectivity index is 1.49. The van der Waals surface area contributed by atoms with Gasteiger partial charge in [-0.1, -0.05) is 36.4 Å². The Morgan fingerprint density at radius 3 is 2.88 bits per heavy atom. The van der Waals surface area contributed by atoms with Gasteiger partial charge in [-0.15, -0.1) is 0 Å². The molecule has 0 amide bonds. The van der Waals surface area contributed by atoms with Gasteiger partial charge in [0, 0.05) is 11.8 Å². The summed E-state index contributed by atoms with van der Waals surface area (Å²) in [6, 6.07) is 18.2. The zero-order chi connectivity index (χ0) is 17.9. The van der Waals surface area contributed by atoms with Gasteiger partial charge >= 0.3 is 5.97 Å². The first-order valence-electron chi connectivity index (χ1n) is 8.99. The molecular formula is C22H21NO3. The lowest BCUT2D eigenvalue weighted by Crippen LogP contribution is -2.18. The predicted octanol–water partition coefficient (Wildman–Crippen LogP) is 4.39. The van der Waals surface area contributed by atoms with Crippen LogP contribution in [0.15, 0.2) is 54.6 Å². The van der Waals surface area contributed by atoms with Gasteiger partial charge in [0.25, 0.3) is 0 Å². The second-order valence-corrected chi connectivity index (χ2v) is 6.88. The maximum atomic E-state index is 11.0. The summed E-state index contributed by atoms with van der Waals surface area (Å²) < 4.78 is 6.08. The lowest BCUT2D eigenvalue weighted by Gasteiger charge is -2.25. The monoisotopic (exact) mass is 347 g/mol. The average Bonchev–Trinajstić information content (AvgIpc) is 2.65. The number of hydrogen-bond acceptors (Lipinski definition) is 3. The van der Waals surface area contributed by atoms with Crippen LogP contribution in [0.1, 0.15) is 29.7 Å². The number of ether oxygens (including phenoxy) is 1. The van der Waals surface area contributed by atoms with Gasteiger partial charge in [0.15, 0.2) is 0 Å². The third kappa shape index (κ3) is 3.54. The molecule has 0 aliphatic heterocycles. The molecule has 1 N–H and O–H groups in total. The Morgan fingerprint density at radius 2 is 2.00 bits per heavy atom. The molecule has 1 heterocycles. The van der Waals surface area contributed by atoms with E-state index in [2.05, 4.69) is 17.1 Å². The Kier molecular flexibility index (Phi) is 4.57. The van der Waals surface area contributed by atoms with Crippen molar-refractivity contribution in [2.75, 3.05) is 0 Å². The van der Waals surface area contributed by atoms with Crippen molar-refractivity contribution < 1.29 is 14.6 Å². The predicted molar refractivity (Wildman–Crippen MR) is 100 cm³/mol. The number of hydrogen-bond donors (Lipinski definition) is 1. The summed E-state index contributed by atoms with van der Waals surface area (Å²) >= 11 is 0. The molecule has 26 heavy (non-hydrogen) atoms.